The van der Waals surface area contributed by atoms with Crippen LogP contribution in [0.15, 0.2) is 0 Å². The lowest BCUT2D eigenvalue weighted by atomic mass is 10.4. The van der Waals surface area contributed by atoms with Crippen LogP contribution < -0.4 is 0 Å². The van der Waals surface area contributed by atoms with Crippen molar-refractivity contribution < 1.29 is 8.85 Å². The number of hydrogen-bond acceptors (Lipinski definition) is 2. The molecule has 0 aliphatic carbocycles. The van der Waals surface area contributed by atoms with E-state index in [9.17, 15) is 0 Å². The second kappa shape index (κ2) is 6.57. The van der Waals surface area contributed by atoms with Crippen molar-refractivity contribution in [1.82, 2.24) is 0 Å². The van der Waals surface area contributed by atoms with Gasteiger partial charge in [-0.3, -0.25) is 0 Å². The Labute approximate surface area is 83.9 Å². The van der Waals surface area contributed by atoms with Crippen molar-refractivity contribution in [2.45, 2.75) is 52.6 Å². The fourth-order valence-electron chi connectivity index (χ4n) is 1.68. The summed E-state index contributed by atoms with van der Waals surface area (Å²) in [5.41, 5.74) is 0.595. The lowest BCUT2D eigenvalue weighted by Crippen LogP contribution is -2.45. The van der Waals surface area contributed by atoms with E-state index in [4.69, 9.17) is 8.85 Å². The molecule has 0 bridgehead atoms. The Morgan fingerprint density at radius 1 is 1.00 bits per heavy atom. The highest BCUT2D eigenvalue weighted by Gasteiger charge is 2.40. The Balaban J connectivity index is 4.42. The zero-order chi connectivity index (χ0) is 10.3. The maximum atomic E-state index is 5.89. The zero-order valence-electron chi connectivity index (χ0n) is 9.72. The van der Waals surface area contributed by atoms with Gasteiger partial charge in [0.1, 0.15) is 0 Å². The first-order chi connectivity index (χ1) is 6.16. The number of rotatable bonds is 7. The van der Waals surface area contributed by atoms with Crippen LogP contribution >= 0.6 is 0 Å². The molecular weight excluding hydrogens is 180 g/mol. The van der Waals surface area contributed by atoms with Gasteiger partial charge in [0.25, 0.3) is 0 Å². The molecule has 0 aliphatic rings. The van der Waals surface area contributed by atoms with E-state index in [1.54, 1.807) is 0 Å². The van der Waals surface area contributed by atoms with Crippen molar-refractivity contribution in [2.24, 2.45) is 0 Å². The van der Waals surface area contributed by atoms with Crippen LogP contribution in [0.3, 0.4) is 0 Å². The molecule has 1 unspecified atom stereocenters. The van der Waals surface area contributed by atoms with Gasteiger partial charge < -0.3 is 8.85 Å². The van der Waals surface area contributed by atoms with Crippen LogP contribution in [-0.2, 0) is 8.85 Å². The van der Waals surface area contributed by atoms with Crippen LogP contribution in [-0.4, -0.2) is 21.8 Å². The smallest absolute Gasteiger partial charge is 0.340 e. The summed E-state index contributed by atoms with van der Waals surface area (Å²) < 4.78 is 11.8. The molecule has 0 fully saturated rings. The van der Waals surface area contributed by atoms with Crippen LogP contribution in [0.25, 0.3) is 0 Å². The normalized spacial score (nSPS) is 14.5. The second-order valence-corrected chi connectivity index (χ2v) is 7.23. The second-order valence-electron chi connectivity index (χ2n) is 3.34. The minimum atomic E-state index is -1.87. The molecule has 0 heterocycles. The van der Waals surface area contributed by atoms with Crippen molar-refractivity contribution in [3.63, 3.8) is 0 Å². The predicted molar refractivity (Wildman–Crippen MR) is 59.2 cm³/mol. The van der Waals surface area contributed by atoms with E-state index in [0.717, 1.165) is 25.7 Å². The monoisotopic (exact) mass is 204 g/mol. The van der Waals surface area contributed by atoms with Gasteiger partial charge in [-0.15, -0.1) is 0 Å². The van der Waals surface area contributed by atoms with Gasteiger partial charge >= 0.3 is 8.56 Å². The molecule has 0 aromatic heterocycles. The standard InChI is InChI=1S/C10H24O2Si/c1-6-10(5)13(9-4,11-7-2)12-8-3/h10H,6-9H2,1-5H3. The SMILES string of the molecule is CCO[Si](CC)(OCC)C(C)CC. The van der Waals surface area contributed by atoms with E-state index in [2.05, 4.69) is 34.6 Å². The average molecular weight is 204 g/mol. The van der Waals surface area contributed by atoms with Gasteiger partial charge in [-0.2, -0.15) is 0 Å². The van der Waals surface area contributed by atoms with E-state index in [0.29, 0.717) is 5.54 Å². The Morgan fingerprint density at radius 2 is 1.46 bits per heavy atom. The summed E-state index contributed by atoms with van der Waals surface area (Å²) in [5, 5.41) is 0. The zero-order valence-corrected chi connectivity index (χ0v) is 10.7. The molecule has 0 amide bonds. The first-order valence-corrected chi connectivity index (χ1v) is 7.54. The van der Waals surface area contributed by atoms with Crippen LogP contribution in [0.2, 0.25) is 11.6 Å². The Bertz CT molecular complexity index is 122. The molecular formula is C10H24O2Si. The van der Waals surface area contributed by atoms with Crippen LogP contribution in [0.1, 0.15) is 41.0 Å². The molecule has 0 aromatic rings. The molecule has 0 spiro atoms. The molecule has 1 atom stereocenters. The highest BCUT2D eigenvalue weighted by Crippen LogP contribution is 2.30. The van der Waals surface area contributed by atoms with Gasteiger partial charge in [-0.25, -0.2) is 0 Å². The van der Waals surface area contributed by atoms with Gasteiger partial charge in [-0.1, -0.05) is 27.2 Å². The molecule has 0 radical (unpaired) electrons. The summed E-state index contributed by atoms with van der Waals surface area (Å²) in [4.78, 5) is 0. The maximum Gasteiger partial charge on any atom is 0.340 e. The van der Waals surface area contributed by atoms with Crippen LogP contribution in [0.5, 0.6) is 0 Å². The lowest BCUT2D eigenvalue weighted by Gasteiger charge is -2.33. The van der Waals surface area contributed by atoms with Crippen LogP contribution in [0.4, 0.5) is 0 Å². The summed E-state index contributed by atoms with van der Waals surface area (Å²) in [6, 6.07) is 1.06. The molecule has 0 saturated carbocycles. The molecule has 80 valence electrons. The number of hydrogen-bond donors (Lipinski definition) is 0. The Hall–Kier alpha value is 0.137. The fourth-order valence-corrected chi connectivity index (χ4v) is 5.04. The first-order valence-electron chi connectivity index (χ1n) is 5.44. The van der Waals surface area contributed by atoms with Gasteiger partial charge in [0.2, 0.25) is 0 Å². The molecule has 0 N–H and O–H groups in total. The van der Waals surface area contributed by atoms with E-state index in [1.165, 1.54) is 0 Å². The average Bonchev–Trinajstić information content (AvgIpc) is 2.16. The van der Waals surface area contributed by atoms with Gasteiger partial charge in [-0.05, 0) is 25.4 Å². The first kappa shape index (κ1) is 13.1. The van der Waals surface area contributed by atoms with Crippen molar-refractivity contribution in [2.75, 3.05) is 13.2 Å². The minimum Gasteiger partial charge on any atom is -0.394 e. The minimum absolute atomic E-state index is 0.595. The Morgan fingerprint density at radius 3 is 1.69 bits per heavy atom. The quantitative estimate of drug-likeness (QED) is 0.592. The summed E-state index contributed by atoms with van der Waals surface area (Å²) in [7, 11) is -1.87. The Kier molecular flexibility index (Phi) is 6.64. The molecule has 0 aliphatic heterocycles. The van der Waals surface area contributed by atoms with E-state index in [1.807, 2.05) is 0 Å². The van der Waals surface area contributed by atoms with Crippen molar-refractivity contribution in [3.05, 3.63) is 0 Å². The molecule has 0 saturated heterocycles. The summed E-state index contributed by atoms with van der Waals surface area (Å²) in [6.45, 7) is 12.3. The van der Waals surface area contributed by atoms with Crippen molar-refractivity contribution in [1.29, 1.82) is 0 Å². The van der Waals surface area contributed by atoms with E-state index < -0.39 is 8.56 Å². The van der Waals surface area contributed by atoms with Gasteiger partial charge in [0.15, 0.2) is 0 Å². The highest BCUT2D eigenvalue weighted by molar-refractivity contribution is 6.68. The van der Waals surface area contributed by atoms with Crippen LogP contribution in [0, 0.1) is 0 Å². The predicted octanol–water partition coefficient (Wildman–Crippen LogP) is 3.32. The third-order valence-corrected chi connectivity index (χ3v) is 7.08. The molecule has 0 aromatic carbocycles. The third-order valence-electron chi connectivity index (χ3n) is 2.63. The van der Waals surface area contributed by atoms with E-state index >= 15 is 0 Å². The summed E-state index contributed by atoms with van der Waals surface area (Å²) in [6.07, 6.45) is 1.15. The lowest BCUT2D eigenvalue weighted by molar-refractivity contribution is 0.173. The molecule has 3 heteroatoms. The van der Waals surface area contributed by atoms with Gasteiger partial charge in [0, 0.05) is 13.2 Å². The fraction of sp³-hybridized carbons (Fsp3) is 1.00. The maximum absolute atomic E-state index is 5.89. The molecule has 2 nitrogen and oxygen atoms in total. The van der Waals surface area contributed by atoms with Gasteiger partial charge in [0.05, 0.1) is 0 Å². The van der Waals surface area contributed by atoms with E-state index in [-0.39, 0.29) is 0 Å². The van der Waals surface area contributed by atoms with Crippen molar-refractivity contribution >= 4 is 8.56 Å². The topological polar surface area (TPSA) is 18.5 Å². The summed E-state index contributed by atoms with van der Waals surface area (Å²) >= 11 is 0. The van der Waals surface area contributed by atoms with Crippen molar-refractivity contribution in [3.8, 4) is 0 Å². The summed E-state index contributed by atoms with van der Waals surface area (Å²) in [5.74, 6) is 0. The molecule has 0 rings (SSSR count). The largest absolute Gasteiger partial charge is 0.394 e. The highest BCUT2D eigenvalue weighted by atomic mass is 28.4. The molecule has 13 heavy (non-hydrogen) atoms. The third kappa shape index (κ3) is 3.41.